The van der Waals surface area contributed by atoms with Gasteiger partial charge in [0.05, 0.1) is 5.51 Å². The molecule has 0 radical (unpaired) electrons. The normalized spacial score (nSPS) is 11.9. The summed E-state index contributed by atoms with van der Waals surface area (Å²) in [6.07, 6.45) is 0.637. The maximum absolute atomic E-state index is 13.0. The van der Waals surface area contributed by atoms with Crippen LogP contribution in [0.5, 0.6) is 0 Å². The molecule has 0 aliphatic carbocycles. The zero-order valence-corrected chi connectivity index (χ0v) is 10.5. The van der Waals surface area contributed by atoms with E-state index >= 15 is 0 Å². The van der Waals surface area contributed by atoms with Gasteiger partial charge in [-0.1, -0.05) is 10.8 Å². The van der Waals surface area contributed by atoms with Gasteiger partial charge in [-0.25, -0.2) is 4.98 Å². The first-order valence-electron chi connectivity index (χ1n) is 4.80. The van der Waals surface area contributed by atoms with Gasteiger partial charge in [-0.2, -0.15) is 8.42 Å². The zero-order valence-electron chi connectivity index (χ0n) is 8.87. The van der Waals surface area contributed by atoms with Gasteiger partial charge >= 0.3 is 10.2 Å². The summed E-state index contributed by atoms with van der Waals surface area (Å²) in [6.45, 7) is 2.16. The van der Waals surface area contributed by atoms with Gasteiger partial charge in [0.25, 0.3) is 5.16 Å². The van der Waals surface area contributed by atoms with Gasteiger partial charge in [0, 0.05) is 11.9 Å². The second kappa shape index (κ2) is 4.49. The SMILES string of the molecule is CCCn1c(-c2cscn2)nnc1S(=O)(=O)F. The van der Waals surface area contributed by atoms with Crippen LogP contribution in [0.15, 0.2) is 16.0 Å². The summed E-state index contributed by atoms with van der Waals surface area (Å²) < 4.78 is 36.0. The fourth-order valence-corrected chi connectivity index (χ4v) is 2.52. The van der Waals surface area contributed by atoms with E-state index in [0.717, 1.165) is 0 Å². The van der Waals surface area contributed by atoms with Crippen LogP contribution in [0, 0.1) is 0 Å². The van der Waals surface area contributed by atoms with Crippen LogP contribution < -0.4 is 0 Å². The standard InChI is InChI=1S/C8H9FN4O2S2/c1-2-3-13-7(6-4-16-5-10-6)11-12-8(13)17(9,14)15/h4-5H,2-3H2,1H3. The molecule has 0 unspecified atom stereocenters. The van der Waals surface area contributed by atoms with E-state index in [9.17, 15) is 12.3 Å². The average molecular weight is 276 g/mol. The molecule has 0 fully saturated rings. The Balaban J connectivity index is 2.59. The first-order chi connectivity index (χ1) is 8.04. The van der Waals surface area contributed by atoms with Crippen molar-refractivity contribution in [3.8, 4) is 11.5 Å². The van der Waals surface area contributed by atoms with Crippen LogP contribution in [0.3, 0.4) is 0 Å². The average Bonchev–Trinajstić information content (AvgIpc) is 2.82. The smallest absolute Gasteiger partial charge is 0.294 e. The Labute approximate surface area is 101 Å². The fraction of sp³-hybridized carbons (Fsp3) is 0.375. The van der Waals surface area contributed by atoms with Crippen molar-refractivity contribution in [2.45, 2.75) is 25.0 Å². The van der Waals surface area contributed by atoms with E-state index in [-0.39, 0.29) is 5.82 Å². The molecule has 0 atom stereocenters. The van der Waals surface area contributed by atoms with E-state index in [0.29, 0.717) is 18.7 Å². The molecule has 0 amide bonds. The molecule has 0 aliphatic heterocycles. The Morgan fingerprint density at radius 1 is 1.47 bits per heavy atom. The van der Waals surface area contributed by atoms with Crippen LogP contribution in [0.1, 0.15) is 13.3 Å². The molecule has 0 saturated heterocycles. The molecular formula is C8H9FN4O2S2. The Bertz CT molecular complexity index is 606. The van der Waals surface area contributed by atoms with Crippen molar-refractivity contribution < 1.29 is 12.3 Å². The molecule has 0 aliphatic rings. The summed E-state index contributed by atoms with van der Waals surface area (Å²) >= 11 is 1.34. The number of aromatic nitrogens is 4. The largest absolute Gasteiger partial charge is 0.368 e. The number of halogens is 1. The van der Waals surface area contributed by atoms with Crippen molar-refractivity contribution in [3.63, 3.8) is 0 Å². The molecule has 92 valence electrons. The lowest BCUT2D eigenvalue weighted by atomic mass is 10.4. The number of nitrogens with zero attached hydrogens (tertiary/aromatic N) is 4. The van der Waals surface area contributed by atoms with E-state index in [1.165, 1.54) is 15.9 Å². The van der Waals surface area contributed by atoms with Gasteiger partial charge in [0.2, 0.25) is 0 Å². The molecule has 0 bridgehead atoms. The number of hydrogen-bond donors (Lipinski definition) is 0. The summed E-state index contributed by atoms with van der Waals surface area (Å²) in [5.74, 6) is 0.268. The molecule has 2 aromatic heterocycles. The van der Waals surface area contributed by atoms with Crippen molar-refractivity contribution in [1.82, 2.24) is 19.7 Å². The van der Waals surface area contributed by atoms with Crippen LogP contribution in [0.4, 0.5) is 3.89 Å². The lowest BCUT2D eigenvalue weighted by Crippen LogP contribution is -2.08. The van der Waals surface area contributed by atoms with Crippen LogP contribution in [-0.2, 0) is 16.8 Å². The number of thiazole rings is 1. The molecule has 0 N–H and O–H groups in total. The highest BCUT2D eigenvalue weighted by molar-refractivity contribution is 7.86. The topological polar surface area (TPSA) is 77.7 Å². The van der Waals surface area contributed by atoms with Crippen molar-refractivity contribution in [3.05, 3.63) is 10.9 Å². The first kappa shape index (κ1) is 12.1. The van der Waals surface area contributed by atoms with Gasteiger partial charge in [0.15, 0.2) is 5.82 Å². The third-order valence-corrected chi connectivity index (χ3v) is 3.37. The lowest BCUT2D eigenvalue weighted by Gasteiger charge is -2.04. The van der Waals surface area contributed by atoms with Gasteiger partial charge in [-0.15, -0.1) is 21.5 Å². The van der Waals surface area contributed by atoms with E-state index in [2.05, 4.69) is 15.2 Å². The van der Waals surface area contributed by atoms with E-state index in [1.807, 2.05) is 6.92 Å². The predicted octanol–water partition coefficient (Wildman–Crippen LogP) is 1.47. The van der Waals surface area contributed by atoms with Crippen molar-refractivity contribution in [2.24, 2.45) is 0 Å². The predicted molar refractivity (Wildman–Crippen MR) is 59.7 cm³/mol. The third kappa shape index (κ3) is 2.34. The Morgan fingerprint density at radius 2 is 2.24 bits per heavy atom. The maximum atomic E-state index is 13.0. The number of rotatable bonds is 4. The van der Waals surface area contributed by atoms with Crippen molar-refractivity contribution in [1.29, 1.82) is 0 Å². The van der Waals surface area contributed by atoms with Crippen LogP contribution in [0.2, 0.25) is 0 Å². The maximum Gasteiger partial charge on any atom is 0.368 e. The number of hydrogen-bond acceptors (Lipinski definition) is 6. The second-order valence-corrected chi connectivity index (χ2v) is 5.23. The molecular weight excluding hydrogens is 267 g/mol. The third-order valence-electron chi connectivity index (χ3n) is 2.04. The highest BCUT2D eigenvalue weighted by Gasteiger charge is 2.24. The Hall–Kier alpha value is -1.35. The summed E-state index contributed by atoms with van der Waals surface area (Å²) in [5.41, 5.74) is 2.08. The summed E-state index contributed by atoms with van der Waals surface area (Å²) in [4.78, 5) is 4.00. The van der Waals surface area contributed by atoms with E-state index < -0.39 is 15.4 Å². The molecule has 9 heteroatoms. The highest BCUT2D eigenvalue weighted by atomic mass is 32.3. The van der Waals surface area contributed by atoms with Crippen LogP contribution in [-0.4, -0.2) is 28.2 Å². The lowest BCUT2D eigenvalue weighted by molar-refractivity contribution is 0.520. The van der Waals surface area contributed by atoms with Gasteiger partial charge in [0.1, 0.15) is 5.69 Å². The van der Waals surface area contributed by atoms with Gasteiger partial charge < -0.3 is 0 Å². The molecule has 2 aromatic rings. The monoisotopic (exact) mass is 276 g/mol. The minimum Gasteiger partial charge on any atom is -0.294 e. The highest BCUT2D eigenvalue weighted by Crippen LogP contribution is 2.21. The van der Waals surface area contributed by atoms with E-state index in [4.69, 9.17) is 0 Å². The molecule has 2 rings (SSSR count). The molecule has 0 aromatic carbocycles. The van der Waals surface area contributed by atoms with Crippen molar-refractivity contribution >= 4 is 21.6 Å². The molecule has 6 nitrogen and oxygen atoms in total. The van der Waals surface area contributed by atoms with Crippen molar-refractivity contribution in [2.75, 3.05) is 0 Å². The quantitative estimate of drug-likeness (QED) is 0.790. The summed E-state index contributed by atoms with van der Waals surface area (Å²) in [7, 11) is -4.86. The Kier molecular flexibility index (Phi) is 3.20. The first-order valence-corrected chi connectivity index (χ1v) is 7.13. The second-order valence-electron chi connectivity index (χ2n) is 3.27. The fourth-order valence-electron chi connectivity index (χ4n) is 1.41. The molecule has 17 heavy (non-hydrogen) atoms. The Morgan fingerprint density at radius 3 is 2.76 bits per heavy atom. The summed E-state index contributed by atoms with van der Waals surface area (Å²) in [5, 5.41) is 8.09. The summed E-state index contributed by atoms with van der Waals surface area (Å²) in [6, 6.07) is 0. The van der Waals surface area contributed by atoms with Crippen LogP contribution in [0.25, 0.3) is 11.5 Å². The molecule has 0 spiro atoms. The van der Waals surface area contributed by atoms with Gasteiger partial charge in [-0.3, -0.25) is 4.57 Å². The van der Waals surface area contributed by atoms with Gasteiger partial charge in [-0.05, 0) is 6.42 Å². The molecule has 0 saturated carbocycles. The van der Waals surface area contributed by atoms with E-state index in [1.54, 1.807) is 10.9 Å². The minimum absolute atomic E-state index is 0.268. The zero-order chi connectivity index (χ0) is 12.5. The van der Waals surface area contributed by atoms with Crippen LogP contribution >= 0.6 is 11.3 Å². The minimum atomic E-state index is -4.86. The molecule has 2 heterocycles.